The van der Waals surface area contributed by atoms with Gasteiger partial charge in [0.15, 0.2) is 0 Å². The second-order valence-corrected chi connectivity index (χ2v) is 6.67. The number of hydrogen-bond donors (Lipinski definition) is 0. The first-order valence-corrected chi connectivity index (χ1v) is 8.58. The summed E-state index contributed by atoms with van der Waals surface area (Å²) in [4.78, 5) is 18.2. The molecule has 1 fully saturated rings. The fourth-order valence-electron chi connectivity index (χ4n) is 2.65. The van der Waals surface area contributed by atoms with Gasteiger partial charge in [0, 0.05) is 23.7 Å². The van der Waals surface area contributed by atoms with Crippen molar-refractivity contribution in [3.8, 4) is 0 Å². The van der Waals surface area contributed by atoms with E-state index < -0.39 is 0 Å². The molecule has 1 amide bonds. The number of carbonyl (C=O) groups is 1. The lowest BCUT2D eigenvalue weighted by Crippen LogP contribution is -2.39. The first-order valence-electron chi connectivity index (χ1n) is 7.70. The summed E-state index contributed by atoms with van der Waals surface area (Å²) in [7, 11) is 0. The topological polar surface area (TPSA) is 42.4 Å². The van der Waals surface area contributed by atoms with Crippen LogP contribution in [0.1, 0.15) is 19.8 Å². The number of rotatable bonds is 3. The molecule has 22 heavy (non-hydrogen) atoms. The van der Waals surface area contributed by atoms with E-state index in [0.717, 1.165) is 36.5 Å². The molecule has 0 unspecified atom stereocenters. The zero-order valence-electron chi connectivity index (χ0n) is 12.7. The van der Waals surface area contributed by atoms with Crippen molar-refractivity contribution in [2.45, 2.75) is 30.0 Å². The fraction of sp³-hybridized carbons (Fsp3) is 0.412. The molecule has 1 aliphatic rings. The average molecular weight is 316 g/mol. The lowest BCUT2D eigenvalue weighted by molar-refractivity contribution is 0.100. The number of amides is 1. The van der Waals surface area contributed by atoms with Crippen molar-refractivity contribution in [1.29, 1.82) is 0 Å². The highest BCUT2D eigenvalue weighted by atomic mass is 32.2. The molecule has 3 rings (SSSR count). The number of carbonyl (C=O) groups excluding carboxylic acids is 1. The molecule has 1 aromatic heterocycles. The summed E-state index contributed by atoms with van der Waals surface area (Å²) >= 11 is 1.82. The van der Waals surface area contributed by atoms with Crippen molar-refractivity contribution in [2.75, 3.05) is 19.7 Å². The van der Waals surface area contributed by atoms with E-state index in [0.29, 0.717) is 11.9 Å². The normalized spacial score (nSPS) is 16.0. The van der Waals surface area contributed by atoms with Crippen LogP contribution in [0.3, 0.4) is 0 Å². The number of fused-ring (bicyclic) bond motifs is 1. The van der Waals surface area contributed by atoms with Crippen LogP contribution in [-0.4, -0.2) is 40.9 Å². The highest BCUT2D eigenvalue weighted by Crippen LogP contribution is 2.30. The molecule has 116 valence electrons. The van der Waals surface area contributed by atoms with Crippen LogP contribution in [0.2, 0.25) is 0 Å². The Morgan fingerprint density at radius 3 is 2.82 bits per heavy atom. The molecule has 0 radical (unpaired) electrons. The third-order valence-corrected chi connectivity index (χ3v) is 5.10. The summed E-state index contributed by atoms with van der Waals surface area (Å²) in [5, 5.41) is 2.75. The van der Waals surface area contributed by atoms with Gasteiger partial charge in [0.25, 0.3) is 0 Å². The number of hydrogen-bond acceptors (Lipinski definition) is 4. The van der Waals surface area contributed by atoms with Gasteiger partial charge in [-0.1, -0.05) is 24.3 Å². The second kappa shape index (κ2) is 7.01. The molecule has 0 aliphatic carbocycles. The largest absolute Gasteiger partial charge is 0.450 e. The summed E-state index contributed by atoms with van der Waals surface area (Å²) in [5.74, 6) is 0. The number of likely N-dealkylation sites (tertiary alicyclic amines) is 1. The van der Waals surface area contributed by atoms with Gasteiger partial charge >= 0.3 is 6.09 Å². The number of piperidine rings is 1. The first kappa shape index (κ1) is 15.2. The average Bonchev–Trinajstić information content (AvgIpc) is 2.56. The predicted octanol–water partition coefficient (Wildman–Crippen LogP) is 3.95. The first-order chi connectivity index (χ1) is 10.8. The van der Waals surface area contributed by atoms with E-state index in [1.165, 1.54) is 5.39 Å². The van der Waals surface area contributed by atoms with E-state index in [4.69, 9.17) is 9.72 Å². The molecule has 0 spiro atoms. The van der Waals surface area contributed by atoms with Crippen LogP contribution < -0.4 is 0 Å². The molecule has 2 heterocycles. The predicted molar refractivity (Wildman–Crippen MR) is 89.2 cm³/mol. The summed E-state index contributed by atoms with van der Waals surface area (Å²) in [6.45, 7) is 3.81. The molecule has 1 saturated heterocycles. The van der Waals surface area contributed by atoms with Crippen LogP contribution in [0.4, 0.5) is 4.79 Å². The van der Waals surface area contributed by atoms with E-state index in [-0.39, 0.29) is 6.09 Å². The number of aromatic nitrogens is 1. The highest BCUT2D eigenvalue weighted by Gasteiger charge is 2.24. The number of nitrogens with zero attached hydrogens (tertiary/aromatic N) is 2. The monoisotopic (exact) mass is 316 g/mol. The van der Waals surface area contributed by atoms with Gasteiger partial charge < -0.3 is 9.64 Å². The maximum atomic E-state index is 11.7. The molecule has 0 atom stereocenters. The van der Waals surface area contributed by atoms with Crippen LogP contribution >= 0.6 is 11.8 Å². The molecule has 0 bridgehead atoms. The number of ether oxygens (including phenoxy) is 1. The van der Waals surface area contributed by atoms with Gasteiger partial charge in [0.1, 0.15) is 0 Å². The zero-order chi connectivity index (χ0) is 15.4. The van der Waals surface area contributed by atoms with Gasteiger partial charge in [-0.3, -0.25) is 0 Å². The smallest absolute Gasteiger partial charge is 0.409 e. The van der Waals surface area contributed by atoms with E-state index in [2.05, 4.69) is 18.2 Å². The van der Waals surface area contributed by atoms with Gasteiger partial charge in [-0.2, -0.15) is 0 Å². The SMILES string of the molecule is CCOC(=O)N1CCC(Sc2ccc3ccccc3n2)CC1. The van der Waals surface area contributed by atoms with E-state index in [1.807, 2.05) is 36.9 Å². The van der Waals surface area contributed by atoms with Crippen molar-refractivity contribution in [3.63, 3.8) is 0 Å². The molecule has 1 aromatic carbocycles. The third-order valence-electron chi connectivity index (χ3n) is 3.83. The van der Waals surface area contributed by atoms with Gasteiger partial charge in [-0.05, 0) is 31.9 Å². The maximum Gasteiger partial charge on any atom is 0.409 e. The van der Waals surface area contributed by atoms with Gasteiger partial charge in [0.05, 0.1) is 17.1 Å². The van der Waals surface area contributed by atoms with Crippen molar-refractivity contribution in [1.82, 2.24) is 9.88 Å². The summed E-state index contributed by atoms with van der Waals surface area (Å²) in [6.07, 6.45) is 1.78. The number of thioether (sulfide) groups is 1. The van der Waals surface area contributed by atoms with Gasteiger partial charge in [-0.15, -0.1) is 11.8 Å². The van der Waals surface area contributed by atoms with E-state index >= 15 is 0 Å². The Morgan fingerprint density at radius 2 is 2.05 bits per heavy atom. The zero-order valence-corrected chi connectivity index (χ0v) is 13.5. The Kier molecular flexibility index (Phi) is 4.83. The number of benzene rings is 1. The number of pyridine rings is 1. The lowest BCUT2D eigenvalue weighted by atomic mass is 10.1. The van der Waals surface area contributed by atoms with E-state index in [9.17, 15) is 4.79 Å². The summed E-state index contributed by atoms with van der Waals surface area (Å²) in [6, 6.07) is 12.4. The Bertz CT molecular complexity index is 654. The Balaban J connectivity index is 1.58. The molecule has 1 aliphatic heterocycles. The standard InChI is InChI=1S/C17H20N2O2S/c1-2-21-17(20)19-11-9-14(10-12-19)22-16-8-7-13-5-3-4-6-15(13)18-16/h3-8,14H,2,9-12H2,1H3. The molecular weight excluding hydrogens is 296 g/mol. The van der Waals surface area contributed by atoms with Crippen LogP contribution in [0, 0.1) is 0 Å². The minimum atomic E-state index is -0.185. The van der Waals surface area contributed by atoms with Crippen LogP contribution in [0.25, 0.3) is 10.9 Å². The minimum absolute atomic E-state index is 0.185. The van der Waals surface area contributed by atoms with Crippen molar-refractivity contribution in [3.05, 3.63) is 36.4 Å². The molecule has 2 aromatic rings. The quantitative estimate of drug-likeness (QED) is 0.860. The van der Waals surface area contributed by atoms with E-state index in [1.54, 1.807) is 4.90 Å². The molecule has 0 saturated carbocycles. The fourth-order valence-corrected chi connectivity index (χ4v) is 3.74. The molecule has 0 N–H and O–H groups in total. The van der Waals surface area contributed by atoms with Crippen molar-refractivity contribution in [2.24, 2.45) is 0 Å². The Labute approximate surface area is 134 Å². The molecule has 4 nitrogen and oxygen atoms in total. The van der Waals surface area contributed by atoms with Crippen molar-refractivity contribution >= 4 is 28.8 Å². The van der Waals surface area contributed by atoms with Gasteiger partial charge in [-0.25, -0.2) is 9.78 Å². The highest BCUT2D eigenvalue weighted by molar-refractivity contribution is 7.99. The lowest BCUT2D eigenvalue weighted by Gasteiger charge is -2.30. The Hall–Kier alpha value is -1.75. The second-order valence-electron chi connectivity index (χ2n) is 5.35. The maximum absolute atomic E-state index is 11.7. The summed E-state index contributed by atoms with van der Waals surface area (Å²) in [5.41, 5.74) is 1.04. The third kappa shape index (κ3) is 3.53. The van der Waals surface area contributed by atoms with Crippen LogP contribution in [0.15, 0.2) is 41.4 Å². The number of para-hydroxylation sites is 1. The Morgan fingerprint density at radius 1 is 1.27 bits per heavy atom. The van der Waals surface area contributed by atoms with Crippen molar-refractivity contribution < 1.29 is 9.53 Å². The van der Waals surface area contributed by atoms with Gasteiger partial charge in [0.2, 0.25) is 0 Å². The molecular formula is C17H20N2O2S. The van der Waals surface area contributed by atoms with Crippen LogP contribution in [-0.2, 0) is 4.74 Å². The minimum Gasteiger partial charge on any atom is -0.450 e. The van der Waals surface area contributed by atoms with Crippen LogP contribution in [0.5, 0.6) is 0 Å². The summed E-state index contributed by atoms with van der Waals surface area (Å²) < 4.78 is 5.05. The molecule has 5 heteroatoms.